The van der Waals surface area contributed by atoms with E-state index < -0.39 is 0 Å². The number of hydrogen-bond donors (Lipinski definition) is 1. The van der Waals surface area contributed by atoms with Gasteiger partial charge in [0.05, 0.1) is 0 Å². The van der Waals surface area contributed by atoms with Crippen molar-refractivity contribution in [2.24, 2.45) is 0 Å². The largest absolute Gasteiger partial charge is 0.317 e. The predicted octanol–water partition coefficient (Wildman–Crippen LogP) is 3.81. The van der Waals surface area contributed by atoms with Crippen molar-refractivity contribution >= 4 is 0 Å². The zero-order chi connectivity index (χ0) is 13.2. The smallest absolute Gasteiger partial charge is 0.00950 e. The van der Waals surface area contributed by atoms with Crippen LogP contribution in [-0.2, 0) is 0 Å². The van der Waals surface area contributed by atoms with E-state index in [0.29, 0.717) is 0 Å². The van der Waals surface area contributed by atoms with Crippen molar-refractivity contribution in [3.63, 3.8) is 0 Å². The van der Waals surface area contributed by atoms with Crippen molar-refractivity contribution in [1.82, 2.24) is 10.2 Å². The normalized spacial score (nSPS) is 20.0. The Bertz CT molecular complexity index is 186. The first-order valence-corrected chi connectivity index (χ1v) is 8.18. The molecule has 1 atom stereocenters. The highest BCUT2D eigenvalue weighted by atomic mass is 15.2. The van der Waals surface area contributed by atoms with E-state index in [1.54, 1.807) is 0 Å². The summed E-state index contributed by atoms with van der Waals surface area (Å²) in [6.45, 7) is 7.00. The number of nitrogens with zero attached hydrogens (tertiary/aromatic N) is 1. The first-order valence-electron chi connectivity index (χ1n) is 8.18. The van der Waals surface area contributed by atoms with Crippen LogP contribution in [0.1, 0.15) is 71.6 Å². The van der Waals surface area contributed by atoms with Crippen molar-refractivity contribution < 1.29 is 0 Å². The van der Waals surface area contributed by atoms with Gasteiger partial charge in [-0.15, -0.1) is 0 Å². The Morgan fingerprint density at radius 3 is 2.39 bits per heavy atom. The van der Waals surface area contributed by atoms with Gasteiger partial charge in [-0.05, 0) is 59.2 Å². The molecule has 0 saturated heterocycles. The molecule has 0 amide bonds. The maximum atomic E-state index is 3.50. The van der Waals surface area contributed by atoms with Crippen molar-refractivity contribution in [3.8, 4) is 0 Å². The van der Waals surface area contributed by atoms with E-state index in [-0.39, 0.29) is 0 Å². The van der Waals surface area contributed by atoms with Gasteiger partial charge < -0.3 is 10.2 Å². The molecule has 1 aliphatic rings. The lowest BCUT2D eigenvalue weighted by atomic mass is 10.0. The van der Waals surface area contributed by atoms with E-state index in [1.165, 1.54) is 70.9 Å². The van der Waals surface area contributed by atoms with E-state index in [2.05, 4.69) is 31.1 Å². The van der Waals surface area contributed by atoms with Gasteiger partial charge in [-0.2, -0.15) is 0 Å². The van der Waals surface area contributed by atoms with Crippen LogP contribution in [0.15, 0.2) is 0 Å². The molecular formula is C16H34N2. The lowest BCUT2D eigenvalue weighted by Gasteiger charge is -2.32. The average molecular weight is 254 g/mol. The Balaban J connectivity index is 2.16. The van der Waals surface area contributed by atoms with Crippen LogP contribution in [0, 0.1) is 0 Å². The van der Waals surface area contributed by atoms with E-state index in [4.69, 9.17) is 0 Å². The van der Waals surface area contributed by atoms with Gasteiger partial charge in [-0.1, -0.05) is 32.6 Å². The standard InChI is InChI=1S/C16H34N2/c1-4-13-17-14-9-10-15(2)18(3)16-11-7-5-6-8-12-16/h15-17H,4-14H2,1-3H3. The van der Waals surface area contributed by atoms with E-state index in [9.17, 15) is 0 Å². The fourth-order valence-electron chi connectivity index (χ4n) is 3.05. The quantitative estimate of drug-likeness (QED) is 0.523. The van der Waals surface area contributed by atoms with Crippen LogP contribution in [0.4, 0.5) is 0 Å². The van der Waals surface area contributed by atoms with Crippen LogP contribution in [0.5, 0.6) is 0 Å². The highest BCUT2D eigenvalue weighted by Gasteiger charge is 2.20. The zero-order valence-electron chi connectivity index (χ0n) is 12.9. The first-order chi connectivity index (χ1) is 8.75. The molecule has 108 valence electrons. The summed E-state index contributed by atoms with van der Waals surface area (Å²) in [4.78, 5) is 2.66. The van der Waals surface area contributed by atoms with Gasteiger partial charge in [0.25, 0.3) is 0 Å². The molecule has 0 heterocycles. The van der Waals surface area contributed by atoms with Crippen LogP contribution in [0.25, 0.3) is 0 Å². The minimum absolute atomic E-state index is 0.747. The summed E-state index contributed by atoms with van der Waals surface area (Å²) < 4.78 is 0. The summed E-state index contributed by atoms with van der Waals surface area (Å²) in [5.74, 6) is 0. The molecule has 2 heteroatoms. The Morgan fingerprint density at radius 1 is 1.11 bits per heavy atom. The minimum atomic E-state index is 0.747. The van der Waals surface area contributed by atoms with Gasteiger partial charge in [0.1, 0.15) is 0 Å². The maximum absolute atomic E-state index is 3.50. The second kappa shape index (κ2) is 9.80. The molecule has 0 radical (unpaired) electrons. The highest BCUT2D eigenvalue weighted by molar-refractivity contribution is 4.76. The van der Waals surface area contributed by atoms with Gasteiger partial charge in [-0.25, -0.2) is 0 Å². The molecule has 2 nitrogen and oxygen atoms in total. The highest BCUT2D eigenvalue weighted by Crippen LogP contribution is 2.23. The van der Waals surface area contributed by atoms with Crippen LogP contribution >= 0.6 is 0 Å². The molecule has 0 spiro atoms. The van der Waals surface area contributed by atoms with Crippen LogP contribution in [-0.4, -0.2) is 37.1 Å². The van der Waals surface area contributed by atoms with E-state index in [0.717, 1.165) is 12.1 Å². The molecule has 1 fully saturated rings. The maximum Gasteiger partial charge on any atom is 0.00950 e. The van der Waals surface area contributed by atoms with Gasteiger partial charge in [0.2, 0.25) is 0 Å². The number of hydrogen-bond acceptors (Lipinski definition) is 2. The number of rotatable bonds is 8. The van der Waals surface area contributed by atoms with Crippen molar-refractivity contribution in [2.45, 2.75) is 83.7 Å². The molecule has 1 saturated carbocycles. The molecule has 1 aliphatic carbocycles. The SMILES string of the molecule is CCCNCCCC(C)N(C)C1CCCCCC1. The second-order valence-electron chi connectivity index (χ2n) is 6.05. The zero-order valence-corrected chi connectivity index (χ0v) is 12.9. The van der Waals surface area contributed by atoms with Crippen LogP contribution in [0.3, 0.4) is 0 Å². The third kappa shape index (κ3) is 6.19. The van der Waals surface area contributed by atoms with Crippen molar-refractivity contribution in [1.29, 1.82) is 0 Å². The van der Waals surface area contributed by atoms with Gasteiger partial charge in [0, 0.05) is 12.1 Å². The van der Waals surface area contributed by atoms with Gasteiger partial charge in [-0.3, -0.25) is 0 Å². The van der Waals surface area contributed by atoms with E-state index in [1.807, 2.05) is 0 Å². The second-order valence-corrected chi connectivity index (χ2v) is 6.05. The summed E-state index contributed by atoms with van der Waals surface area (Å²) in [5.41, 5.74) is 0. The summed E-state index contributed by atoms with van der Waals surface area (Å²) in [7, 11) is 2.35. The van der Waals surface area contributed by atoms with Crippen molar-refractivity contribution in [2.75, 3.05) is 20.1 Å². The minimum Gasteiger partial charge on any atom is -0.317 e. The summed E-state index contributed by atoms with van der Waals surface area (Å²) in [5, 5.41) is 3.50. The predicted molar refractivity (Wildman–Crippen MR) is 81.1 cm³/mol. The third-order valence-electron chi connectivity index (χ3n) is 4.50. The molecule has 1 unspecified atom stereocenters. The lowest BCUT2D eigenvalue weighted by molar-refractivity contribution is 0.159. The lowest BCUT2D eigenvalue weighted by Crippen LogP contribution is -2.38. The summed E-state index contributed by atoms with van der Waals surface area (Å²) in [6.07, 6.45) is 12.6. The third-order valence-corrected chi connectivity index (χ3v) is 4.50. The molecule has 0 aromatic carbocycles. The molecule has 0 aromatic rings. The molecule has 1 N–H and O–H groups in total. The van der Waals surface area contributed by atoms with Gasteiger partial charge in [0.15, 0.2) is 0 Å². The van der Waals surface area contributed by atoms with Crippen LogP contribution < -0.4 is 5.32 Å². The topological polar surface area (TPSA) is 15.3 Å². The molecular weight excluding hydrogens is 220 g/mol. The fraction of sp³-hybridized carbons (Fsp3) is 1.00. The molecule has 0 bridgehead atoms. The number of nitrogens with one attached hydrogen (secondary N) is 1. The Kier molecular flexibility index (Phi) is 8.70. The Labute approximate surface area is 115 Å². The molecule has 0 aromatic heterocycles. The monoisotopic (exact) mass is 254 g/mol. The molecule has 1 rings (SSSR count). The van der Waals surface area contributed by atoms with Crippen LogP contribution in [0.2, 0.25) is 0 Å². The first kappa shape index (κ1) is 16.0. The Morgan fingerprint density at radius 2 is 1.78 bits per heavy atom. The Hall–Kier alpha value is -0.0800. The molecule has 18 heavy (non-hydrogen) atoms. The average Bonchev–Trinajstić information content (AvgIpc) is 2.66. The summed E-state index contributed by atoms with van der Waals surface area (Å²) in [6, 6.07) is 1.60. The van der Waals surface area contributed by atoms with Gasteiger partial charge >= 0.3 is 0 Å². The summed E-state index contributed by atoms with van der Waals surface area (Å²) >= 11 is 0. The van der Waals surface area contributed by atoms with Crippen molar-refractivity contribution in [3.05, 3.63) is 0 Å². The van der Waals surface area contributed by atoms with E-state index >= 15 is 0 Å². The fourth-order valence-corrected chi connectivity index (χ4v) is 3.05. The molecule has 0 aliphatic heterocycles.